The molecule has 7 nitrogen and oxygen atoms in total. The average molecular weight is 365 g/mol. The zero-order chi connectivity index (χ0) is 17.8. The molecule has 0 saturated carbocycles. The van der Waals surface area contributed by atoms with Crippen LogP contribution < -0.4 is 19.1 Å². The highest BCUT2D eigenvalue weighted by Gasteiger charge is 2.25. The van der Waals surface area contributed by atoms with Crippen molar-refractivity contribution < 1.29 is 22.7 Å². The van der Waals surface area contributed by atoms with Crippen LogP contribution in [0.4, 0.5) is 5.69 Å². The fraction of sp³-hybridized carbons (Fsp3) is 0.500. The molecule has 0 bridgehead atoms. The summed E-state index contributed by atoms with van der Waals surface area (Å²) in [5.74, 6) is 0.0698. The molecule has 0 aliphatic carbocycles. The summed E-state index contributed by atoms with van der Waals surface area (Å²) in [4.78, 5) is 12.0. The van der Waals surface area contributed by atoms with Gasteiger partial charge in [-0.25, -0.2) is 8.42 Å². The summed E-state index contributed by atoms with van der Waals surface area (Å²) in [7, 11) is -0.930. The summed E-state index contributed by atoms with van der Waals surface area (Å²) in [5, 5.41) is 2.92. The van der Waals surface area contributed by atoms with Gasteiger partial charge in [0.1, 0.15) is 18.0 Å². The van der Waals surface area contributed by atoms with Crippen LogP contribution in [0.5, 0.6) is 11.5 Å². The molecule has 0 aliphatic rings. The predicted molar refractivity (Wildman–Crippen MR) is 90.0 cm³/mol. The summed E-state index contributed by atoms with van der Waals surface area (Å²) in [6.07, 6.45) is 1.01. The maximum atomic E-state index is 12.1. The van der Waals surface area contributed by atoms with Gasteiger partial charge in [-0.2, -0.15) is 0 Å². The van der Waals surface area contributed by atoms with Crippen molar-refractivity contribution in [1.29, 1.82) is 0 Å². The van der Waals surface area contributed by atoms with Gasteiger partial charge in [0, 0.05) is 18.2 Å². The Hall–Kier alpha value is -1.67. The number of hydrogen-bond acceptors (Lipinski definition) is 5. The highest BCUT2D eigenvalue weighted by atomic mass is 35.5. The summed E-state index contributed by atoms with van der Waals surface area (Å²) in [6, 6.07) is 2.75. The molecule has 0 aliphatic heterocycles. The molecule has 0 heterocycles. The monoisotopic (exact) mass is 364 g/mol. The molecule has 1 aromatic carbocycles. The van der Waals surface area contributed by atoms with Gasteiger partial charge >= 0.3 is 0 Å². The molecule has 0 atom stereocenters. The van der Waals surface area contributed by atoms with E-state index in [1.165, 1.54) is 26.4 Å². The van der Waals surface area contributed by atoms with E-state index in [1.54, 1.807) is 13.8 Å². The number of benzene rings is 1. The lowest BCUT2D eigenvalue weighted by Crippen LogP contribution is -2.42. The molecule has 9 heteroatoms. The first kappa shape index (κ1) is 19.4. The molecule has 1 amide bonds. The predicted octanol–water partition coefficient (Wildman–Crippen LogP) is 1.65. The fourth-order valence-corrected chi connectivity index (χ4v) is 3.00. The van der Waals surface area contributed by atoms with Crippen LogP contribution in [0.25, 0.3) is 0 Å². The number of sulfonamides is 1. The lowest BCUT2D eigenvalue weighted by atomic mass is 10.2. The van der Waals surface area contributed by atoms with Crippen molar-refractivity contribution in [2.24, 2.45) is 0 Å². The number of nitrogens with zero attached hydrogens (tertiary/aromatic N) is 1. The van der Waals surface area contributed by atoms with Crippen molar-refractivity contribution in [2.45, 2.75) is 19.9 Å². The van der Waals surface area contributed by atoms with Crippen LogP contribution in [0.1, 0.15) is 13.8 Å². The summed E-state index contributed by atoms with van der Waals surface area (Å²) < 4.78 is 35.5. The van der Waals surface area contributed by atoms with Gasteiger partial charge in [-0.15, -0.1) is 0 Å². The van der Waals surface area contributed by atoms with E-state index in [9.17, 15) is 13.2 Å². The van der Waals surface area contributed by atoms with Crippen LogP contribution >= 0.6 is 11.6 Å². The van der Waals surface area contributed by atoms with E-state index in [2.05, 4.69) is 5.32 Å². The number of rotatable bonds is 7. The largest absolute Gasteiger partial charge is 0.495 e. The second-order valence-corrected chi connectivity index (χ2v) is 7.46. The van der Waals surface area contributed by atoms with Crippen LogP contribution in [-0.2, 0) is 14.8 Å². The standard InChI is InChI=1S/C14H21ClN2O5S/c1-9(2)16-14(18)8-17(23(5,19)20)11-7-12(21-3)10(15)6-13(11)22-4/h6-7,9H,8H2,1-5H3,(H,16,18). The minimum Gasteiger partial charge on any atom is -0.495 e. The normalized spacial score (nSPS) is 11.3. The Balaban J connectivity index is 3.35. The lowest BCUT2D eigenvalue weighted by Gasteiger charge is -2.25. The molecule has 23 heavy (non-hydrogen) atoms. The zero-order valence-corrected chi connectivity index (χ0v) is 15.3. The van der Waals surface area contributed by atoms with Gasteiger partial charge in [-0.1, -0.05) is 11.6 Å². The molecule has 0 spiro atoms. The first-order valence-corrected chi connectivity index (χ1v) is 9.01. The quantitative estimate of drug-likeness (QED) is 0.795. The Morgan fingerprint density at radius 3 is 2.26 bits per heavy atom. The van der Waals surface area contributed by atoms with Crippen molar-refractivity contribution in [3.05, 3.63) is 17.2 Å². The molecule has 1 N–H and O–H groups in total. The number of amides is 1. The molecule has 0 fully saturated rings. The Labute approximate surface area is 141 Å². The molecule has 0 saturated heterocycles. The van der Waals surface area contributed by atoms with Crippen LogP contribution in [0.2, 0.25) is 5.02 Å². The number of methoxy groups -OCH3 is 2. The van der Waals surface area contributed by atoms with E-state index in [0.29, 0.717) is 0 Å². The second-order valence-electron chi connectivity index (χ2n) is 5.15. The van der Waals surface area contributed by atoms with E-state index in [0.717, 1.165) is 10.6 Å². The first-order valence-electron chi connectivity index (χ1n) is 6.78. The molecule has 0 unspecified atom stereocenters. The summed E-state index contributed by atoms with van der Waals surface area (Å²) in [6.45, 7) is 3.20. The molecule has 1 aromatic rings. The first-order chi connectivity index (χ1) is 10.6. The fourth-order valence-electron chi connectivity index (χ4n) is 1.92. The average Bonchev–Trinajstić information content (AvgIpc) is 2.42. The number of nitrogens with one attached hydrogen (secondary N) is 1. The lowest BCUT2D eigenvalue weighted by molar-refractivity contribution is -0.120. The van der Waals surface area contributed by atoms with E-state index in [4.69, 9.17) is 21.1 Å². The number of anilines is 1. The van der Waals surface area contributed by atoms with Crippen molar-refractivity contribution in [3.63, 3.8) is 0 Å². The summed E-state index contributed by atoms with van der Waals surface area (Å²) in [5.41, 5.74) is 0.176. The van der Waals surface area contributed by atoms with Crippen molar-refractivity contribution in [2.75, 3.05) is 31.3 Å². The van der Waals surface area contributed by atoms with Gasteiger partial charge in [-0.05, 0) is 13.8 Å². The number of carbonyl (C=O) groups excluding carboxylic acids is 1. The highest BCUT2D eigenvalue weighted by molar-refractivity contribution is 7.92. The summed E-state index contributed by atoms with van der Waals surface area (Å²) >= 11 is 6.02. The van der Waals surface area contributed by atoms with E-state index in [1.807, 2.05) is 0 Å². The zero-order valence-electron chi connectivity index (χ0n) is 13.7. The third-order valence-corrected chi connectivity index (χ3v) is 4.28. The smallest absolute Gasteiger partial charge is 0.240 e. The van der Waals surface area contributed by atoms with Crippen molar-refractivity contribution >= 4 is 33.2 Å². The second kappa shape index (κ2) is 7.74. The Kier molecular flexibility index (Phi) is 6.52. The van der Waals surface area contributed by atoms with Crippen molar-refractivity contribution in [3.8, 4) is 11.5 Å². The number of carbonyl (C=O) groups is 1. The van der Waals surface area contributed by atoms with E-state index < -0.39 is 15.9 Å². The van der Waals surface area contributed by atoms with Gasteiger partial charge in [0.15, 0.2) is 0 Å². The highest BCUT2D eigenvalue weighted by Crippen LogP contribution is 2.38. The van der Waals surface area contributed by atoms with Gasteiger partial charge < -0.3 is 14.8 Å². The van der Waals surface area contributed by atoms with Crippen LogP contribution in [0.15, 0.2) is 12.1 Å². The Morgan fingerprint density at radius 2 is 1.83 bits per heavy atom. The SMILES string of the molecule is COc1cc(N(CC(=O)NC(C)C)S(C)(=O)=O)c(OC)cc1Cl. The molecule has 130 valence electrons. The molecular weight excluding hydrogens is 344 g/mol. The van der Waals surface area contributed by atoms with Crippen LogP contribution in [0, 0.1) is 0 Å². The molecule has 1 rings (SSSR count). The number of halogens is 1. The minimum absolute atomic E-state index is 0.106. The van der Waals surface area contributed by atoms with Crippen LogP contribution in [0.3, 0.4) is 0 Å². The van der Waals surface area contributed by atoms with Gasteiger partial charge in [0.05, 0.1) is 31.2 Å². The van der Waals surface area contributed by atoms with E-state index >= 15 is 0 Å². The maximum absolute atomic E-state index is 12.1. The topological polar surface area (TPSA) is 84.9 Å². The minimum atomic E-state index is -3.73. The Bertz CT molecular complexity index is 676. The van der Waals surface area contributed by atoms with E-state index in [-0.39, 0.29) is 34.8 Å². The van der Waals surface area contributed by atoms with Gasteiger partial charge in [0.2, 0.25) is 15.9 Å². The van der Waals surface area contributed by atoms with Gasteiger partial charge in [-0.3, -0.25) is 9.10 Å². The number of hydrogen-bond donors (Lipinski definition) is 1. The third-order valence-electron chi connectivity index (χ3n) is 2.86. The van der Waals surface area contributed by atoms with Gasteiger partial charge in [0.25, 0.3) is 0 Å². The molecule has 0 radical (unpaired) electrons. The third kappa shape index (κ3) is 5.18. The van der Waals surface area contributed by atoms with Crippen LogP contribution in [-0.4, -0.2) is 47.4 Å². The number of ether oxygens (including phenoxy) is 2. The molecule has 0 aromatic heterocycles. The van der Waals surface area contributed by atoms with Crippen molar-refractivity contribution in [1.82, 2.24) is 5.32 Å². The molecular formula is C14H21ClN2O5S. The Morgan fingerprint density at radius 1 is 1.26 bits per heavy atom. The maximum Gasteiger partial charge on any atom is 0.240 e.